The van der Waals surface area contributed by atoms with Crippen molar-refractivity contribution < 1.29 is 14.4 Å². The molecule has 17 heavy (non-hydrogen) atoms. The van der Waals surface area contributed by atoms with E-state index in [1.165, 1.54) is 18.6 Å². The second-order valence-electron chi connectivity index (χ2n) is 3.59. The Bertz CT molecular complexity index is 519. The molecule has 0 amide bonds. The number of nitro groups is 1. The summed E-state index contributed by atoms with van der Waals surface area (Å²) in [6, 6.07) is 6.68. The van der Waals surface area contributed by atoms with E-state index >= 15 is 0 Å². The third-order valence-corrected chi connectivity index (χ3v) is 2.52. The van der Waals surface area contributed by atoms with Gasteiger partial charge in [-0.15, -0.1) is 0 Å². The fraction of sp³-hybridized carbons (Fsp3) is 0.167. The highest BCUT2D eigenvalue weighted by atomic mass is 16.6. The number of nitrogens with zero attached hydrogens (tertiary/aromatic N) is 1. The minimum Gasteiger partial charge on any atom is -0.472 e. The number of rotatable bonds is 4. The zero-order valence-electron chi connectivity index (χ0n) is 9.00. The van der Waals surface area contributed by atoms with Crippen molar-refractivity contribution in [1.82, 2.24) is 0 Å². The molecule has 0 atom stereocenters. The van der Waals surface area contributed by atoms with Crippen LogP contribution in [0.4, 0.5) is 5.69 Å². The summed E-state index contributed by atoms with van der Waals surface area (Å²) in [6.45, 7) is -0.105. The quantitative estimate of drug-likeness (QED) is 0.649. The standard InChI is InChI=1S/C12H11NO4/c14-5-3-9-1-2-10(7-12(9)13(15)16)11-4-6-17-8-11/h1-2,4,6-8,14H,3,5H2. The number of aliphatic hydroxyl groups excluding tert-OH is 1. The molecule has 2 aromatic rings. The maximum absolute atomic E-state index is 10.9. The van der Waals surface area contributed by atoms with Gasteiger partial charge in [-0.3, -0.25) is 10.1 Å². The van der Waals surface area contributed by atoms with Crippen molar-refractivity contribution >= 4 is 5.69 Å². The highest BCUT2D eigenvalue weighted by molar-refractivity contribution is 5.66. The van der Waals surface area contributed by atoms with E-state index in [0.717, 1.165) is 11.1 Å². The zero-order chi connectivity index (χ0) is 12.3. The molecule has 0 saturated heterocycles. The van der Waals surface area contributed by atoms with Crippen molar-refractivity contribution in [1.29, 1.82) is 0 Å². The number of nitro benzene ring substituents is 1. The first-order valence-corrected chi connectivity index (χ1v) is 5.13. The predicted molar refractivity (Wildman–Crippen MR) is 61.6 cm³/mol. The van der Waals surface area contributed by atoms with Crippen molar-refractivity contribution in [2.75, 3.05) is 6.61 Å². The number of benzene rings is 1. The van der Waals surface area contributed by atoms with Crippen LogP contribution in [0, 0.1) is 10.1 Å². The van der Waals surface area contributed by atoms with Crippen molar-refractivity contribution in [2.45, 2.75) is 6.42 Å². The maximum atomic E-state index is 10.9. The highest BCUT2D eigenvalue weighted by Gasteiger charge is 2.14. The molecule has 5 heteroatoms. The van der Waals surface area contributed by atoms with Crippen LogP contribution in [0.15, 0.2) is 41.2 Å². The number of aliphatic hydroxyl groups is 1. The number of hydrogen-bond acceptors (Lipinski definition) is 4. The number of hydrogen-bond donors (Lipinski definition) is 1. The van der Waals surface area contributed by atoms with Crippen LogP contribution in [-0.4, -0.2) is 16.6 Å². The van der Waals surface area contributed by atoms with E-state index in [-0.39, 0.29) is 18.7 Å². The Hall–Kier alpha value is -2.14. The molecule has 1 aromatic heterocycles. The van der Waals surface area contributed by atoms with Gasteiger partial charge in [0.25, 0.3) is 5.69 Å². The molecule has 0 unspecified atom stereocenters. The van der Waals surface area contributed by atoms with Crippen LogP contribution < -0.4 is 0 Å². The topological polar surface area (TPSA) is 76.5 Å². The molecule has 0 aliphatic heterocycles. The molecule has 1 heterocycles. The van der Waals surface area contributed by atoms with Crippen LogP contribution in [0.25, 0.3) is 11.1 Å². The van der Waals surface area contributed by atoms with Gasteiger partial charge >= 0.3 is 0 Å². The molecule has 0 saturated carbocycles. The molecular formula is C12H11NO4. The smallest absolute Gasteiger partial charge is 0.273 e. The minimum atomic E-state index is -0.436. The summed E-state index contributed by atoms with van der Waals surface area (Å²) < 4.78 is 4.94. The first-order valence-electron chi connectivity index (χ1n) is 5.13. The van der Waals surface area contributed by atoms with Gasteiger partial charge in [-0.25, -0.2) is 0 Å². The molecule has 5 nitrogen and oxygen atoms in total. The van der Waals surface area contributed by atoms with Gasteiger partial charge in [-0.05, 0) is 11.6 Å². The maximum Gasteiger partial charge on any atom is 0.273 e. The molecule has 88 valence electrons. The van der Waals surface area contributed by atoms with E-state index in [4.69, 9.17) is 9.52 Å². The molecule has 0 aliphatic carbocycles. The van der Waals surface area contributed by atoms with Crippen molar-refractivity contribution in [3.8, 4) is 11.1 Å². The van der Waals surface area contributed by atoms with Crippen molar-refractivity contribution in [2.24, 2.45) is 0 Å². The van der Waals surface area contributed by atoms with Gasteiger partial charge in [0.1, 0.15) is 0 Å². The van der Waals surface area contributed by atoms with E-state index < -0.39 is 4.92 Å². The number of furan rings is 1. The van der Waals surface area contributed by atoms with Gasteiger partial charge in [0.05, 0.1) is 17.4 Å². The summed E-state index contributed by atoms with van der Waals surface area (Å²) in [4.78, 5) is 10.5. The SMILES string of the molecule is O=[N+]([O-])c1cc(-c2ccoc2)ccc1CCO. The first kappa shape index (κ1) is 11.3. The zero-order valence-corrected chi connectivity index (χ0v) is 9.00. The van der Waals surface area contributed by atoms with Gasteiger partial charge in [-0.2, -0.15) is 0 Å². The highest BCUT2D eigenvalue weighted by Crippen LogP contribution is 2.27. The molecule has 0 spiro atoms. The Labute approximate surface area is 97.5 Å². The molecule has 0 fully saturated rings. The monoisotopic (exact) mass is 233 g/mol. The van der Waals surface area contributed by atoms with Gasteiger partial charge in [0, 0.05) is 30.2 Å². The lowest BCUT2D eigenvalue weighted by molar-refractivity contribution is -0.385. The van der Waals surface area contributed by atoms with Crippen LogP contribution in [0.3, 0.4) is 0 Å². The van der Waals surface area contributed by atoms with E-state index in [1.54, 1.807) is 18.2 Å². The van der Waals surface area contributed by atoms with Crippen LogP contribution >= 0.6 is 0 Å². The second kappa shape index (κ2) is 4.80. The fourth-order valence-electron chi connectivity index (χ4n) is 1.67. The Morgan fingerprint density at radius 2 is 2.12 bits per heavy atom. The summed E-state index contributed by atoms with van der Waals surface area (Å²) in [5.41, 5.74) is 2.08. The summed E-state index contributed by atoms with van der Waals surface area (Å²) in [5, 5.41) is 19.8. The summed E-state index contributed by atoms with van der Waals surface area (Å²) in [7, 11) is 0. The predicted octanol–water partition coefficient (Wildman–Crippen LogP) is 2.39. The second-order valence-corrected chi connectivity index (χ2v) is 3.59. The third-order valence-electron chi connectivity index (χ3n) is 2.52. The van der Waals surface area contributed by atoms with Gasteiger partial charge < -0.3 is 9.52 Å². The molecule has 1 aromatic carbocycles. The Morgan fingerprint density at radius 1 is 1.29 bits per heavy atom. The molecular weight excluding hydrogens is 222 g/mol. The Morgan fingerprint density at radius 3 is 2.71 bits per heavy atom. The van der Waals surface area contributed by atoms with Gasteiger partial charge in [0.2, 0.25) is 0 Å². The molecule has 0 aliphatic rings. The average Bonchev–Trinajstić information content (AvgIpc) is 2.83. The van der Waals surface area contributed by atoms with Crippen molar-refractivity contribution in [3.63, 3.8) is 0 Å². The molecule has 0 bridgehead atoms. The molecule has 2 rings (SSSR count). The fourth-order valence-corrected chi connectivity index (χ4v) is 1.67. The van der Waals surface area contributed by atoms with Gasteiger partial charge in [-0.1, -0.05) is 12.1 Å². The Balaban J connectivity index is 2.45. The van der Waals surface area contributed by atoms with Crippen LogP contribution in [0.1, 0.15) is 5.56 Å². The largest absolute Gasteiger partial charge is 0.472 e. The van der Waals surface area contributed by atoms with E-state index in [0.29, 0.717) is 5.56 Å². The minimum absolute atomic E-state index is 0.0257. The van der Waals surface area contributed by atoms with E-state index in [1.807, 2.05) is 0 Å². The normalized spacial score (nSPS) is 10.4. The third kappa shape index (κ3) is 2.34. The first-order chi connectivity index (χ1) is 8.22. The van der Waals surface area contributed by atoms with Crippen LogP contribution in [0.5, 0.6) is 0 Å². The van der Waals surface area contributed by atoms with Crippen LogP contribution in [0.2, 0.25) is 0 Å². The summed E-state index contributed by atoms with van der Waals surface area (Å²) in [6.07, 6.45) is 3.33. The lowest BCUT2D eigenvalue weighted by Crippen LogP contribution is -1.98. The lowest BCUT2D eigenvalue weighted by atomic mass is 10.0. The molecule has 0 radical (unpaired) electrons. The Kier molecular flexibility index (Phi) is 3.20. The summed E-state index contributed by atoms with van der Waals surface area (Å²) >= 11 is 0. The van der Waals surface area contributed by atoms with Gasteiger partial charge in [0.15, 0.2) is 0 Å². The molecule has 1 N–H and O–H groups in total. The van der Waals surface area contributed by atoms with E-state index in [2.05, 4.69) is 0 Å². The van der Waals surface area contributed by atoms with E-state index in [9.17, 15) is 10.1 Å². The average molecular weight is 233 g/mol. The van der Waals surface area contributed by atoms with Crippen LogP contribution in [-0.2, 0) is 6.42 Å². The summed E-state index contributed by atoms with van der Waals surface area (Å²) in [5.74, 6) is 0. The lowest BCUT2D eigenvalue weighted by Gasteiger charge is -2.03. The van der Waals surface area contributed by atoms with Crippen molar-refractivity contribution in [3.05, 3.63) is 52.5 Å².